The highest BCUT2D eigenvalue weighted by molar-refractivity contribution is 5.96. The molecule has 2 N–H and O–H groups in total. The summed E-state index contributed by atoms with van der Waals surface area (Å²) in [5.74, 6) is 2.81. The van der Waals surface area contributed by atoms with Crippen LogP contribution in [0.15, 0.2) is 60.9 Å². The quantitative estimate of drug-likeness (QED) is 0.328. The van der Waals surface area contributed by atoms with Crippen molar-refractivity contribution in [2.45, 2.75) is 64.7 Å². The summed E-state index contributed by atoms with van der Waals surface area (Å²) in [6, 6.07) is 15.6. The molecule has 1 aliphatic heterocycles. The largest absolute Gasteiger partial charge is 0.506 e. The first-order valence-electron chi connectivity index (χ1n) is 16.8. The van der Waals surface area contributed by atoms with Gasteiger partial charge in [0.05, 0.1) is 6.20 Å². The maximum atomic E-state index is 13.8. The highest BCUT2D eigenvalue weighted by Gasteiger charge is 2.50. The van der Waals surface area contributed by atoms with Crippen molar-refractivity contribution in [2.75, 3.05) is 37.6 Å². The van der Waals surface area contributed by atoms with Gasteiger partial charge in [-0.25, -0.2) is 0 Å². The van der Waals surface area contributed by atoms with Crippen LogP contribution in [0.1, 0.15) is 85.6 Å². The number of aromatic nitrogens is 1. The van der Waals surface area contributed by atoms with E-state index in [-0.39, 0.29) is 23.0 Å². The van der Waals surface area contributed by atoms with Gasteiger partial charge < -0.3 is 20.2 Å². The van der Waals surface area contributed by atoms with Gasteiger partial charge in [-0.3, -0.25) is 14.6 Å². The molecule has 0 unspecified atom stereocenters. The van der Waals surface area contributed by atoms with E-state index in [1.54, 1.807) is 12.3 Å². The van der Waals surface area contributed by atoms with Gasteiger partial charge in [0.15, 0.2) is 0 Å². The second-order valence-electron chi connectivity index (χ2n) is 15.4. The monoisotopic (exact) mass is 606 g/mol. The van der Waals surface area contributed by atoms with Gasteiger partial charge in [-0.05, 0) is 121 Å². The van der Waals surface area contributed by atoms with E-state index in [1.807, 2.05) is 41.3 Å². The number of carbonyl (C=O) groups excluding carboxylic acids is 2. The number of piperazine rings is 1. The minimum atomic E-state index is -0.147. The third kappa shape index (κ3) is 6.18. The maximum absolute atomic E-state index is 13.8. The first kappa shape index (κ1) is 29.8. The first-order chi connectivity index (χ1) is 21.5. The number of rotatable bonds is 6. The second-order valence-corrected chi connectivity index (χ2v) is 15.4. The van der Waals surface area contributed by atoms with Crippen molar-refractivity contribution < 1.29 is 14.7 Å². The van der Waals surface area contributed by atoms with Crippen molar-refractivity contribution in [2.24, 2.45) is 23.2 Å². The molecule has 7 nitrogen and oxygen atoms in total. The average molecular weight is 607 g/mol. The number of amides is 2. The zero-order valence-electron chi connectivity index (χ0n) is 26.9. The highest BCUT2D eigenvalue weighted by Crippen LogP contribution is 2.59. The van der Waals surface area contributed by atoms with Crippen LogP contribution in [0.25, 0.3) is 11.1 Å². The van der Waals surface area contributed by atoms with E-state index in [9.17, 15) is 14.7 Å². The SMILES string of the molecule is CC(C)(C)c1cc(C(=O)N2CCN(c3ccc(C(=O)NCC45CC6CC(CC(C6)C4)C5)cc3)CC2)cc(-c2cncc(O)c2)c1. The molecule has 4 saturated carbocycles. The minimum Gasteiger partial charge on any atom is -0.506 e. The lowest BCUT2D eigenvalue weighted by Gasteiger charge is -2.56. The van der Waals surface area contributed by atoms with Crippen molar-refractivity contribution in [1.82, 2.24) is 15.2 Å². The molecule has 2 aromatic carbocycles. The minimum absolute atomic E-state index is 0.0150. The smallest absolute Gasteiger partial charge is 0.254 e. The zero-order chi connectivity index (χ0) is 31.3. The predicted octanol–water partition coefficient (Wildman–Crippen LogP) is 6.66. The molecular formula is C38H46N4O3. The molecule has 236 valence electrons. The summed E-state index contributed by atoms with van der Waals surface area (Å²) in [5, 5.41) is 13.3. The molecule has 2 heterocycles. The Balaban J connectivity index is 0.972. The molecule has 0 spiro atoms. The fourth-order valence-corrected chi connectivity index (χ4v) is 8.99. The first-order valence-corrected chi connectivity index (χ1v) is 16.8. The van der Waals surface area contributed by atoms with Crippen LogP contribution in [0.2, 0.25) is 0 Å². The van der Waals surface area contributed by atoms with Crippen LogP contribution in [0.3, 0.4) is 0 Å². The van der Waals surface area contributed by atoms with Crippen LogP contribution >= 0.6 is 0 Å². The topological polar surface area (TPSA) is 85.8 Å². The predicted molar refractivity (Wildman–Crippen MR) is 178 cm³/mol. The summed E-state index contributed by atoms with van der Waals surface area (Å²) in [4.78, 5) is 35.2. The Kier molecular flexibility index (Phi) is 7.61. The molecule has 4 aliphatic carbocycles. The number of benzene rings is 2. The van der Waals surface area contributed by atoms with Crippen LogP contribution < -0.4 is 10.2 Å². The van der Waals surface area contributed by atoms with Crippen molar-refractivity contribution >= 4 is 17.5 Å². The molecule has 5 aliphatic rings. The number of hydrogen-bond donors (Lipinski definition) is 2. The lowest BCUT2D eigenvalue weighted by Crippen LogP contribution is -2.51. The Morgan fingerprint density at radius 2 is 1.49 bits per heavy atom. The third-order valence-corrected chi connectivity index (χ3v) is 11.0. The lowest BCUT2D eigenvalue weighted by molar-refractivity contribution is -0.0503. The summed E-state index contributed by atoms with van der Waals surface area (Å²) in [6.07, 6.45) is 11.3. The molecule has 2 amide bonds. The van der Waals surface area contributed by atoms with E-state index in [0.717, 1.165) is 59.8 Å². The molecular weight excluding hydrogens is 560 g/mol. The van der Waals surface area contributed by atoms with Gasteiger partial charge in [0, 0.05) is 61.3 Å². The van der Waals surface area contributed by atoms with Crippen LogP contribution in [-0.2, 0) is 5.41 Å². The molecule has 0 atom stereocenters. The number of nitrogens with one attached hydrogen (secondary N) is 1. The molecule has 1 aromatic heterocycles. The van der Waals surface area contributed by atoms with E-state index in [4.69, 9.17) is 0 Å². The summed E-state index contributed by atoms with van der Waals surface area (Å²) in [6.45, 7) is 9.92. The molecule has 1 saturated heterocycles. The van der Waals surface area contributed by atoms with Crippen LogP contribution in [0.4, 0.5) is 5.69 Å². The summed E-state index contributed by atoms with van der Waals surface area (Å²) in [5.41, 5.74) is 5.34. The van der Waals surface area contributed by atoms with E-state index in [1.165, 1.54) is 44.7 Å². The van der Waals surface area contributed by atoms with Gasteiger partial charge in [-0.15, -0.1) is 0 Å². The summed E-state index contributed by atoms with van der Waals surface area (Å²) in [7, 11) is 0. The lowest BCUT2D eigenvalue weighted by atomic mass is 9.49. The van der Waals surface area contributed by atoms with Crippen molar-refractivity contribution in [1.29, 1.82) is 0 Å². The number of carbonyl (C=O) groups is 2. The molecule has 5 fully saturated rings. The Morgan fingerprint density at radius 1 is 0.844 bits per heavy atom. The molecule has 4 bridgehead atoms. The molecule has 45 heavy (non-hydrogen) atoms. The Morgan fingerprint density at radius 3 is 2.09 bits per heavy atom. The van der Waals surface area contributed by atoms with Gasteiger partial charge in [-0.1, -0.05) is 26.8 Å². The number of anilines is 1. The van der Waals surface area contributed by atoms with Crippen LogP contribution in [0.5, 0.6) is 5.75 Å². The second kappa shape index (κ2) is 11.5. The van der Waals surface area contributed by atoms with Gasteiger partial charge in [-0.2, -0.15) is 0 Å². The number of hydrogen-bond acceptors (Lipinski definition) is 5. The molecule has 3 aromatic rings. The van der Waals surface area contributed by atoms with Crippen molar-refractivity contribution in [3.63, 3.8) is 0 Å². The van der Waals surface area contributed by atoms with Gasteiger partial charge >= 0.3 is 0 Å². The van der Waals surface area contributed by atoms with Gasteiger partial charge in [0.1, 0.15) is 5.75 Å². The molecule has 7 heteroatoms. The maximum Gasteiger partial charge on any atom is 0.254 e. The molecule has 8 rings (SSSR count). The molecule has 0 radical (unpaired) electrons. The van der Waals surface area contributed by atoms with E-state index >= 15 is 0 Å². The summed E-state index contributed by atoms with van der Waals surface area (Å²) >= 11 is 0. The standard InChI is InChI=1S/C38H46N4O3/c1-37(2,3)32-16-29(31-18-34(43)23-39-22-31)15-30(17-32)36(45)42-10-8-41(9-11-42)33-6-4-28(5-7-33)35(44)40-24-38-19-25-12-26(20-38)14-27(13-25)21-38/h4-7,15-18,22-23,25-27,43H,8-14,19-21,24H2,1-3H3,(H,40,44). The van der Waals surface area contributed by atoms with Crippen molar-refractivity contribution in [3.8, 4) is 16.9 Å². The van der Waals surface area contributed by atoms with Crippen LogP contribution in [0, 0.1) is 23.2 Å². The van der Waals surface area contributed by atoms with Gasteiger partial charge in [0.2, 0.25) is 0 Å². The number of aromatic hydroxyl groups is 1. The van der Waals surface area contributed by atoms with E-state index in [2.05, 4.69) is 42.0 Å². The Bertz CT molecular complexity index is 1550. The Hall–Kier alpha value is -3.87. The fourth-order valence-electron chi connectivity index (χ4n) is 8.99. The number of nitrogens with zero attached hydrogens (tertiary/aromatic N) is 3. The van der Waals surface area contributed by atoms with Gasteiger partial charge in [0.25, 0.3) is 11.8 Å². The highest BCUT2D eigenvalue weighted by atomic mass is 16.3. The van der Waals surface area contributed by atoms with E-state index in [0.29, 0.717) is 29.6 Å². The average Bonchev–Trinajstić information content (AvgIpc) is 3.02. The van der Waals surface area contributed by atoms with E-state index < -0.39 is 0 Å². The van der Waals surface area contributed by atoms with Crippen molar-refractivity contribution in [3.05, 3.63) is 77.6 Å². The summed E-state index contributed by atoms with van der Waals surface area (Å²) < 4.78 is 0. The number of pyridine rings is 1. The normalized spacial score (nSPS) is 25.8. The van der Waals surface area contributed by atoms with Crippen LogP contribution in [-0.4, -0.2) is 59.5 Å². The Labute approximate surface area is 267 Å². The third-order valence-electron chi connectivity index (χ3n) is 11.0. The fraction of sp³-hybridized carbons (Fsp3) is 0.500. The zero-order valence-corrected chi connectivity index (χ0v) is 26.9.